The van der Waals surface area contributed by atoms with Crippen molar-refractivity contribution in [3.8, 4) is 0 Å². The first-order chi connectivity index (χ1) is 8.52. The first kappa shape index (κ1) is 14.7. The lowest BCUT2D eigenvalue weighted by Crippen LogP contribution is -2.42. The monoisotopic (exact) mass is 317 g/mol. The van der Waals surface area contributed by atoms with E-state index < -0.39 is 12.0 Å². The van der Waals surface area contributed by atoms with Crippen molar-refractivity contribution >= 4 is 27.8 Å². The lowest BCUT2D eigenvalue weighted by atomic mass is 10.1. The molecule has 0 fully saturated rings. The molecule has 0 radical (unpaired) electrons. The second-order valence-electron chi connectivity index (χ2n) is 3.96. The SMILES string of the molecule is CCCCC(NC(=O)Cn1cc(Br)cn1)C(=O)O. The summed E-state index contributed by atoms with van der Waals surface area (Å²) in [6, 6.07) is -0.823. The molecule has 1 aromatic rings. The van der Waals surface area contributed by atoms with Crippen LogP contribution in [0.15, 0.2) is 16.9 Å². The van der Waals surface area contributed by atoms with Crippen LogP contribution in [0.1, 0.15) is 26.2 Å². The minimum atomic E-state index is -1.00. The molecule has 18 heavy (non-hydrogen) atoms. The van der Waals surface area contributed by atoms with Gasteiger partial charge in [0.05, 0.1) is 10.7 Å². The summed E-state index contributed by atoms with van der Waals surface area (Å²) in [6.07, 6.45) is 5.33. The molecule has 1 amide bonds. The molecule has 0 aliphatic heterocycles. The Balaban J connectivity index is 2.48. The summed E-state index contributed by atoms with van der Waals surface area (Å²) in [5.74, 6) is -1.35. The lowest BCUT2D eigenvalue weighted by molar-refractivity contribution is -0.142. The number of rotatable bonds is 7. The Hall–Kier alpha value is -1.37. The summed E-state index contributed by atoms with van der Waals surface area (Å²) >= 11 is 3.22. The quantitative estimate of drug-likeness (QED) is 0.796. The Kier molecular flexibility index (Phi) is 5.84. The normalized spacial score (nSPS) is 12.1. The highest BCUT2D eigenvalue weighted by Crippen LogP contribution is 2.06. The topological polar surface area (TPSA) is 84.2 Å². The number of halogens is 1. The number of hydrogen-bond donors (Lipinski definition) is 2. The van der Waals surface area contributed by atoms with Gasteiger partial charge in [0, 0.05) is 6.20 Å². The van der Waals surface area contributed by atoms with Crippen LogP contribution in [-0.2, 0) is 16.1 Å². The number of aromatic nitrogens is 2. The van der Waals surface area contributed by atoms with Gasteiger partial charge in [-0.25, -0.2) is 4.79 Å². The fourth-order valence-corrected chi connectivity index (χ4v) is 1.81. The maximum absolute atomic E-state index is 11.6. The number of carboxylic acids is 1. The van der Waals surface area contributed by atoms with Crippen LogP contribution in [0.4, 0.5) is 0 Å². The third kappa shape index (κ3) is 4.87. The van der Waals surface area contributed by atoms with Crippen molar-refractivity contribution in [2.75, 3.05) is 0 Å². The van der Waals surface area contributed by atoms with E-state index in [9.17, 15) is 9.59 Å². The molecular formula is C11H16BrN3O3. The van der Waals surface area contributed by atoms with Crippen LogP contribution in [0.3, 0.4) is 0 Å². The second-order valence-corrected chi connectivity index (χ2v) is 4.87. The van der Waals surface area contributed by atoms with Crippen LogP contribution >= 0.6 is 15.9 Å². The highest BCUT2D eigenvalue weighted by Gasteiger charge is 2.19. The summed E-state index contributed by atoms with van der Waals surface area (Å²) < 4.78 is 2.22. The largest absolute Gasteiger partial charge is 0.480 e. The zero-order valence-electron chi connectivity index (χ0n) is 10.1. The molecule has 1 atom stereocenters. The van der Waals surface area contributed by atoms with Crippen LogP contribution < -0.4 is 5.32 Å². The fourth-order valence-electron chi connectivity index (χ4n) is 1.48. The molecule has 1 rings (SSSR count). The smallest absolute Gasteiger partial charge is 0.326 e. The number of unbranched alkanes of at least 4 members (excludes halogenated alkanes) is 1. The van der Waals surface area contributed by atoms with Gasteiger partial charge in [0.2, 0.25) is 5.91 Å². The van der Waals surface area contributed by atoms with E-state index in [-0.39, 0.29) is 12.5 Å². The van der Waals surface area contributed by atoms with Gasteiger partial charge in [-0.1, -0.05) is 19.8 Å². The van der Waals surface area contributed by atoms with Gasteiger partial charge < -0.3 is 10.4 Å². The number of aliphatic carboxylic acids is 1. The number of hydrogen-bond acceptors (Lipinski definition) is 3. The molecule has 0 saturated carbocycles. The highest BCUT2D eigenvalue weighted by atomic mass is 79.9. The molecule has 0 spiro atoms. The first-order valence-corrected chi connectivity index (χ1v) is 6.52. The molecule has 6 nitrogen and oxygen atoms in total. The molecule has 7 heteroatoms. The highest BCUT2D eigenvalue weighted by molar-refractivity contribution is 9.10. The van der Waals surface area contributed by atoms with Crippen LogP contribution in [-0.4, -0.2) is 32.8 Å². The van der Waals surface area contributed by atoms with E-state index >= 15 is 0 Å². The summed E-state index contributed by atoms with van der Waals surface area (Å²) in [4.78, 5) is 22.6. The molecule has 0 saturated heterocycles. The summed E-state index contributed by atoms with van der Waals surface area (Å²) in [6.45, 7) is 1.99. The minimum absolute atomic E-state index is 0.0154. The number of amides is 1. The number of nitrogens with one attached hydrogen (secondary N) is 1. The predicted octanol–water partition coefficient (Wildman–Crippen LogP) is 1.41. The molecular weight excluding hydrogens is 302 g/mol. The van der Waals surface area contributed by atoms with E-state index in [0.29, 0.717) is 6.42 Å². The Morgan fingerprint density at radius 2 is 2.33 bits per heavy atom. The Morgan fingerprint density at radius 3 is 2.83 bits per heavy atom. The third-order valence-electron chi connectivity index (χ3n) is 2.39. The summed E-state index contributed by atoms with van der Waals surface area (Å²) in [7, 11) is 0. The molecule has 0 bridgehead atoms. The zero-order valence-corrected chi connectivity index (χ0v) is 11.7. The molecule has 0 aliphatic carbocycles. The van der Waals surface area contributed by atoms with E-state index in [1.54, 1.807) is 12.4 Å². The molecule has 1 aromatic heterocycles. The van der Waals surface area contributed by atoms with Crippen molar-refractivity contribution in [1.29, 1.82) is 0 Å². The third-order valence-corrected chi connectivity index (χ3v) is 2.80. The Labute approximate surface area is 113 Å². The predicted molar refractivity (Wildman–Crippen MR) is 69.0 cm³/mol. The molecule has 1 heterocycles. The van der Waals surface area contributed by atoms with Gasteiger partial charge in [-0.05, 0) is 22.4 Å². The van der Waals surface area contributed by atoms with Crippen LogP contribution in [0.5, 0.6) is 0 Å². The van der Waals surface area contributed by atoms with Crippen molar-refractivity contribution in [1.82, 2.24) is 15.1 Å². The van der Waals surface area contributed by atoms with Crippen molar-refractivity contribution in [3.63, 3.8) is 0 Å². The lowest BCUT2D eigenvalue weighted by Gasteiger charge is -2.13. The van der Waals surface area contributed by atoms with E-state index in [1.807, 2.05) is 6.92 Å². The van der Waals surface area contributed by atoms with E-state index in [0.717, 1.165) is 17.3 Å². The van der Waals surface area contributed by atoms with Gasteiger partial charge >= 0.3 is 5.97 Å². The number of nitrogens with zero attached hydrogens (tertiary/aromatic N) is 2. The van der Waals surface area contributed by atoms with Gasteiger partial charge in [0.15, 0.2) is 0 Å². The first-order valence-electron chi connectivity index (χ1n) is 5.73. The zero-order chi connectivity index (χ0) is 13.5. The average molecular weight is 318 g/mol. The number of carbonyl (C=O) groups excluding carboxylic acids is 1. The van der Waals surface area contributed by atoms with Gasteiger partial charge in [-0.15, -0.1) is 0 Å². The van der Waals surface area contributed by atoms with Gasteiger partial charge in [-0.2, -0.15) is 5.10 Å². The molecule has 0 aliphatic rings. The van der Waals surface area contributed by atoms with E-state index in [1.165, 1.54) is 4.68 Å². The summed E-state index contributed by atoms with van der Waals surface area (Å²) in [5, 5.41) is 15.4. The van der Waals surface area contributed by atoms with Crippen molar-refractivity contribution < 1.29 is 14.7 Å². The van der Waals surface area contributed by atoms with Crippen LogP contribution in [0.2, 0.25) is 0 Å². The van der Waals surface area contributed by atoms with Gasteiger partial charge in [0.25, 0.3) is 0 Å². The van der Waals surface area contributed by atoms with E-state index in [2.05, 4.69) is 26.3 Å². The maximum Gasteiger partial charge on any atom is 0.326 e. The van der Waals surface area contributed by atoms with E-state index in [4.69, 9.17) is 5.11 Å². The van der Waals surface area contributed by atoms with Gasteiger partial charge in [0.1, 0.15) is 12.6 Å². The van der Waals surface area contributed by atoms with Gasteiger partial charge in [-0.3, -0.25) is 9.48 Å². The number of carboxylic acid groups (broad SMARTS) is 1. The second kappa shape index (κ2) is 7.15. The van der Waals surface area contributed by atoms with Crippen molar-refractivity contribution in [2.45, 2.75) is 38.8 Å². The molecule has 100 valence electrons. The standard InChI is InChI=1S/C11H16BrN3O3/c1-2-3-4-9(11(17)18)14-10(16)7-15-6-8(12)5-13-15/h5-6,9H,2-4,7H2,1H3,(H,14,16)(H,17,18). The molecule has 1 unspecified atom stereocenters. The van der Waals surface area contributed by atoms with Crippen molar-refractivity contribution in [2.24, 2.45) is 0 Å². The maximum atomic E-state index is 11.6. The molecule has 2 N–H and O–H groups in total. The van der Waals surface area contributed by atoms with Crippen molar-refractivity contribution in [3.05, 3.63) is 16.9 Å². The minimum Gasteiger partial charge on any atom is -0.480 e. The molecule has 0 aromatic carbocycles. The Bertz CT molecular complexity index is 419. The summed E-state index contributed by atoms with van der Waals surface area (Å²) in [5.41, 5.74) is 0. The fraction of sp³-hybridized carbons (Fsp3) is 0.545. The number of carbonyl (C=O) groups is 2. The average Bonchev–Trinajstić information content (AvgIpc) is 2.69. The Morgan fingerprint density at radius 1 is 1.61 bits per heavy atom. The van der Waals surface area contributed by atoms with Crippen LogP contribution in [0.25, 0.3) is 0 Å². The van der Waals surface area contributed by atoms with Crippen LogP contribution in [0, 0.1) is 0 Å².